The fourth-order valence-corrected chi connectivity index (χ4v) is 2.27. The molecule has 2 rings (SSSR count). The van der Waals surface area contributed by atoms with Crippen LogP contribution in [0.3, 0.4) is 0 Å². The summed E-state index contributed by atoms with van der Waals surface area (Å²) < 4.78 is 1.00. The minimum absolute atomic E-state index is 0.00528. The van der Waals surface area contributed by atoms with E-state index >= 15 is 0 Å². The van der Waals surface area contributed by atoms with Crippen LogP contribution in [0.2, 0.25) is 0 Å². The summed E-state index contributed by atoms with van der Waals surface area (Å²) in [5.74, 6) is -0.00528. The van der Waals surface area contributed by atoms with Gasteiger partial charge in [0.1, 0.15) is 0 Å². The Morgan fingerprint density at radius 2 is 1.89 bits per heavy atom. The van der Waals surface area contributed by atoms with Crippen molar-refractivity contribution >= 4 is 34.2 Å². The van der Waals surface area contributed by atoms with Crippen LogP contribution in [0.4, 0.5) is 5.69 Å². The molecule has 0 atom stereocenters. The molecule has 18 heavy (non-hydrogen) atoms. The van der Waals surface area contributed by atoms with Gasteiger partial charge in [0, 0.05) is 28.7 Å². The number of hydrogen-bond donors (Lipinski definition) is 0. The van der Waals surface area contributed by atoms with Crippen LogP contribution < -0.4 is 4.90 Å². The Morgan fingerprint density at radius 1 is 1.22 bits per heavy atom. The van der Waals surface area contributed by atoms with Crippen LogP contribution in [0.15, 0.2) is 42.7 Å². The Kier molecular flexibility index (Phi) is 3.96. The molecule has 0 aliphatic carbocycles. The second-order valence-electron chi connectivity index (χ2n) is 4.01. The van der Waals surface area contributed by atoms with Gasteiger partial charge in [0.25, 0.3) is 5.91 Å². The number of benzene rings is 1. The van der Waals surface area contributed by atoms with Crippen molar-refractivity contribution in [1.82, 2.24) is 4.98 Å². The Morgan fingerprint density at radius 3 is 2.56 bits per heavy atom. The maximum Gasteiger partial charge on any atom is 0.259 e. The van der Waals surface area contributed by atoms with Gasteiger partial charge in [-0.2, -0.15) is 0 Å². The maximum atomic E-state index is 12.4. The van der Waals surface area contributed by atoms with E-state index in [2.05, 4.69) is 27.6 Å². The fourth-order valence-electron chi connectivity index (χ4n) is 1.68. The lowest BCUT2D eigenvalue weighted by Crippen LogP contribution is -2.27. The molecule has 0 saturated carbocycles. The van der Waals surface area contributed by atoms with Gasteiger partial charge in [0.05, 0.1) is 5.56 Å². The third-order valence-electron chi connectivity index (χ3n) is 2.78. The molecule has 0 fully saturated rings. The number of nitrogens with zero attached hydrogens (tertiary/aromatic N) is 2. The second kappa shape index (κ2) is 5.48. The van der Waals surface area contributed by atoms with Crippen LogP contribution in [-0.2, 0) is 0 Å². The molecule has 0 unspecified atom stereocenters. The van der Waals surface area contributed by atoms with Crippen LogP contribution in [0, 0.1) is 10.5 Å². The minimum atomic E-state index is -0.00528. The SMILES string of the molecule is Cc1cccc(C(=O)N(C)c2ccncc2)c1I. The molecule has 0 aliphatic rings. The predicted molar refractivity (Wildman–Crippen MR) is 80.9 cm³/mol. The summed E-state index contributed by atoms with van der Waals surface area (Å²) in [6, 6.07) is 9.41. The van der Waals surface area contributed by atoms with Crippen molar-refractivity contribution in [1.29, 1.82) is 0 Å². The summed E-state index contributed by atoms with van der Waals surface area (Å²) in [7, 11) is 1.77. The topological polar surface area (TPSA) is 33.2 Å². The zero-order chi connectivity index (χ0) is 13.1. The first kappa shape index (κ1) is 13.0. The van der Waals surface area contributed by atoms with Crippen molar-refractivity contribution in [2.24, 2.45) is 0 Å². The Hall–Kier alpha value is -1.43. The molecule has 1 aromatic carbocycles. The normalized spacial score (nSPS) is 10.2. The zero-order valence-electron chi connectivity index (χ0n) is 10.2. The van der Waals surface area contributed by atoms with Crippen molar-refractivity contribution in [3.63, 3.8) is 0 Å². The van der Waals surface area contributed by atoms with E-state index in [1.165, 1.54) is 0 Å². The number of aryl methyl sites for hydroxylation is 1. The Labute approximate surface area is 120 Å². The molecule has 1 heterocycles. The average Bonchev–Trinajstić information content (AvgIpc) is 2.41. The molecule has 0 saturated heterocycles. The van der Waals surface area contributed by atoms with Crippen molar-refractivity contribution in [2.75, 3.05) is 11.9 Å². The number of aromatic nitrogens is 1. The zero-order valence-corrected chi connectivity index (χ0v) is 12.4. The molecule has 0 bridgehead atoms. The third-order valence-corrected chi connectivity index (χ3v) is 4.21. The number of pyridine rings is 1. The van der Waals surface area contributed by atoms with Gasteiger partial charge >= 0.3 is 0 Å². The van der Waals surface area contributed by atoms with Crippen molar-refractivity contribution in [2.45, 2.75) is 6.92 Å². The third kappa shape index (κ3) is 2.53. The molecular weight excluding hydrogens is 339 g/mol. The highest BCUT2D eigenvalue weighted by molar-refractivity contribution is 14.1. The molecule has 0 aliphatic heterocycles. The lowest BCUT2D eigenvalue weighted by molar-refractivity contribution is 0.0992. The van der Waals surface area contributed by atoms with Gasteiger partial charge in [-0.25, -0.2) is 0 Å². The quantitative estimate of drug-likeness (QED) is 0.778. The van der Waals surface area contributed by atoms with E-state index in [0.717, 1.165) is 20.4 Å². The van der Waals surface area contributed by atoms with Crippen LogP contribution in [0.5, 0.6) is 0 Å². The highest BCUT2D eigenvalue weighted by atomic mass is 127. The van der Waals surface area contributed by atoms with Crippen molar-refractivity contribution < 1.29 is 4.79 Å². The number of halogens is 1. The van der Waals surface area contributed by atoms with Gasteiger partial charge < -0.3 is 4.90 Å². The second-order valence-corrected chi connectivity index (χ2v) is 5.08. The van der Waals surface area contributed by atoms with Gasteiger partial charge in [-0.3, -0.25) is 9.78 Å². The first-order valence-corrected chi connectivity index (χ1v) is 6.62. The number of carbonyl (C=O) groups excluding carboxylic acids is 1. The Balaban J connectivity index is 2.35. The van der Waals surface area contributed by atoms with E-state index in [0.29, 0.717) is 0 Å². The fraction of sp³-hybridized carbons (Fsp3) is 0.143. The van der Waals surface area contributed by atoms with Crippen LogP contribution >= 0.6 is 22.6 Å². The molecule has 1 amide bonds. The molecule has 0 N–H and O–H groups in total. The summed E-state index contributed by atoms with van der Waals surface area (Å²) in [6.45, 7) is 2.00. The molecule has 3 nitrogen and oxygen atoms in total. The highest BCUT2D eigenvalue weighted by Gasteiger charge is 2.16. The summed E-state index contributed by atoms with van der Waals surface area (Å²) in [6.07, 6.45) is 3.36. The molecule has 0 spiro atoms. The number of carbonyl (C=O) groups is 1. The Bertz CT molecular complexity index is 569. The first-order chi connectivity index (χ1) is 8.61. The van der Waals surface area contributed by atoms with Gasteiger partial charge in [-0.05, 0) is 53.3 Å². The lowest BCUT2D eigenvalue weighted by Gasteiger charge is -2.18. The first-order valence-electron chi connectivity index (χ1n) is 5.54. The standard InChI is InChI=1S/C14H13IN2O/c1-10-4-3-5-12(13(10)15)14(18)17(2)11-6-8-16-9-7-11/h3-9H,1-2H3. The summed E-state index contributed by atoms with van der Waals surface area (Å²) in [5.41, 5.74) is 2.69. The summed E-state index contributed by atoms with van der Waals surface area (Å²) in [5, 5.41) is 0. The van der Waals surface area contributed by atoms with Crippen LogP contribution in [0.25, 0.3) is 0 Å². The number of amides is 1. The molecule has 1 aromatic heterocycles. The van der Waals surface area contributed by atoms with E-state index < -0.39 is 0 Å². The van der Waals surface area contributed by atoms with Gasteiger partial charge in [-0.1, -0.05) is 12.1 Å². The van der Waals surface area contributed by atoms with E-state index in [4.69, 9.17) is 0 Å². The average molecular weight is 352 g/mol. The number of rotatable bonds is 2. The monoisotopic (exact) mass is 352 g/mol. The number of anilines is 1. The van der Waals surface area contributed by atoms with Gasteiger partial charge in [0.15, 0.2) is 0 Å². The maximum absolute atomic E-state index is 12.4. The van der Waals surface area contributed by atoms with Gasteiger partial charge in [-0.15, -0.1) is 0 Å². The minimum Gasteiger partial charge on any atom is -0.311 e. The molecule has 92 valence electrons. The molecular formula is C14H13IN2O. The van der Waals surface area contributed by atoms with Crippen LogP contribution in [0.1, 0.15) is 15.9 Å². The number of hydrogen-bond acceptors (Lipinski definition) is 2. The predicted octanol–water partition coefficient (Wildman–Crippen LogP) is 3.27. The van der Waals surface area contributed by atoms with Crippen molar-refractivity contribution in [3.8, 4) is 0 Å². The smallest absolute Gasteiger partial charge is 0.259 e. The van der Waals surface area contributed by atoms with E-state index in [9.17, 15) is 4.79 Å². The van der Waals surface area contributed by atoms with E-state index in [1.807, 2.05) is 37.3 Å². The van der Waals surface area contributed by atoms with Gasteiger partial charge in [0.2, 0.25) is 0 Å². The largest absolute Gasteiger partial charge is 0.311 e. The summed E-state index contributed by atoms with van der Waals surface area (Å²) in [4.78, 5) is 18.0. The lowest BCUT2D eigenvalue weighted by atomic mass is 10.1. The van der Waals surface area contributed by atoms with Crippen molar-refractivity contribution in [3.05, 3.63) is 57.4 Å². The highest BCUT2D eigenvalue weighted by Crippen LogP contribution is 2.20. The van der Waals surface area contributed by atoms with E-state index in [-0.39, 0.29) is 5.91 Å². The van der Waals surface area contributed by atoms with Crippen LogP contribution in [-0.4, -0.2) is 17.9 Å². The molecule has 2 aromatic rings. The van der Waals surface area contributed by atoms with E-state index in [1.54, 1.807) is 24.3 Å². The molecule has 0 radical (unpaired) electrons. The summed E-state index contributed by atoms with van der Waals surface area (Å²) >= 11 is 2.21. The molecule has 4 heteroatoms.